The number of hydrogen-bond donors (Lipinski definition) is 2. The molecule has 2 N–H and O–H groups in total. The van der Waals surface area contributed by atoms with Crippen LogP contribution in [0.2, 0.25) is 0 Å². The number of β-amino-alcohol motifs (C(OH)–C–C–N with tert-alkyl or cyclic N) is 1. The largest absolute Gasteiger partial charge is 0.395 e. The van der Waals surface area contributed by atoms with Crippen molar-refractivity contribution in [2.75, 3.05) is 32.8 Å². The van der Waals surface area contributed by atoms with Crippen LogP contribution in [0.15, 0.2) is 18.2 Å². The molecule has 2 aromatic rings. The van der Waals surface area contributed by atoms with E-state index < -0.39 is 11.6 Å². The van der Waals surface area contributed by atoms with Crippen molar-refractivity contribution in [1.29, 1.82) is 0 Å². The zero-order chi connectivity index (χ0) is 19.4. The summed E-state index contributed by atoms with van der Waals surface area (Å²) in [5, 5.41) is 17.0. The highest BCUT2D eigenvalue weighted by molar-refractivity contribution is 5.38. The van der Waals surface area contributed by atoms with Gasteiger partial charge in [0.05, 0.1) is 12.3 Å². The second-order valence-corrected chi connectivity index (χ2v) is 7.30. The van der Waals surface area contributed by atoms with Gasteiger partial charge in [0.2, 0.25) is 0 Å². The van der Waals surface area contributed by atoms with E-state index in [1.54, 1.807) is 4.68 Å². The lowest BCUT2D eigenvalue weighted by atomic mass is 9.96. The smallest absolute Gasteiger partial charge is 0.151 e. The van der Waals surface area contributed by atoms with Gasteiger partial charge < -0.3 is 15.3 Å². The Morgan fingerprint density at radius 1 is 1.22 bits per heavy atom. The van der Waals surface area contributed by atoms with Gasteiger partial charge in [-0.05, 0) is 64.4 Å². The van der Waals surface area contributed by atoms with E-state index >= 15 is 0 Å². The van der Waals surface area contributed by atoms with Crippen LogP contribution in [-0.2, 0) is 6.54 Å². The van der Waals surface area contributed by atoms with E-state index in [-0.39, 0.29) is 12.3 Å². The number of benzene rings is 1. The first-order valence-corrected chi connectivity index (χ1v) is 9.54. The highest BCUT2D eigenvalue weighted by atomic mass is 19.1. The normalized spacial score (nSPS) is 16.2. The monoisotopic (exact) mass is 378 g/mol. The molecule has 0 unspecified atom stereocenters. The third kappa shape index (κ3) is 4.72. The first-order valence-electron chi connectivity index (χ1n) is 9.54. The minimum absolute atomic E-state index is 0.222. The van der Waals surface area contributed by atoms with Crippen LogP contribution >= 0.6 is 0 Å². The number of nitrogens with one attached hydrogen (secondary N) is 1. The molecule has 0 saturated carbocycles. The summed E-state index contributed by atoms with van der Waals surface area (Å²) in [7, 11) is 0. The molecule has 0 bridgehead atoms. The van der Waals surface area contributed by atoms with E-state index in [1.807, 2.05) is 13.8 Å². The van der Waals surface area contributed by atoms with Gasteiger partial charge in [0.25, 0.3) is 0 Å². The molecule has 7 heteroatoms. The molecule has 27 heavy (non-hydrogen) atoms. The summed E-state index contributed by atoms with van der Waals surface area (Å²) in [6.45, 7) is 8.49. The van der Waals surface area contributed by atoms with Crippen LogP contribution < -0.4 is 5.32 Å². The van der Waals surface area contributed by atoms with E-state index in [4.69, 9.17) is 5.11 Å². The molecule has 1 aliphatic heterocycles. The van der Waals surface area contributed by atoms with Gasteiger partial charge in [-0.25, -0.2) is 13.5 Å². The summed E-state index contributed by atoms with van der Waals surface area (Å²) in [4.78, 5) is 2.30. The molecule has 1 aromatic heterocycles. The third-order valence-electron chi connectivity index (χ3n) is 5.44. The van der Waals surface area contributed by atoms with Crippen LogP contribution in [0.25, 0.3) is 5.69 Å². The van der Waals surface area contributed by atoms with Crippen molar-refractivity contribution >= 4 is 0 Å². The highest BCUT2D eigenvalue weighted by Crippen LogP contribution is 2.21. The Labute approximate surface area is 159 Å². The Kier molecular flexibility index (Phi) is 6.57. The zero-order valence-electron chi connectivity index (χ0n) is 16.0. The van der Waals surface area contributed by atoms with E-state index in [0.717, 1.165) is 62.0 Å². The number of aryl methyl sites for hydroxylation is 1. The van der Waals surface area contributed by atoms with E-state index in [0.29, 0.717) is 12.5 Å². The number of aromatic nitrogens is 2. The van der Waals surface area contributed by atoms with Gasteiger partial charge in [0, 0.05) is 30.4 Å². The van der Waals surface area contributed by atoms with Crippen LogP contribution in [0.4, 0.5) is 8.78 Å². The number of likely N-dealkylation sites (tertiary alicyclic amines) is 1. The Morgan fingerprint density at radius 3 is 2.63 bits per heavy atom. The number of piperidine rings is 1. The third-order valence-corrected chi connectivity index (χ3v) is 5.44. The zero-order valence-corrected chi connectivity index (χ0v) is 16.0. The number of halogens is 2. The maximum absolute atomic E-state index is 14.1. The van der Waals surface area contributed by atoms with Crippen LogP contribution in [-0.4, -0.2) is 52.6 Å². The number of rotatable bonds is 7. The van der Waals surface area contributed by atoms with Gasteiger partial charge in [-0.1, -0.05) is 0 Å². The van der Waals surface area contributed by atoms with Crippen molar-refractivity contribution in [3.63, 3.8) is 0 Å². The van der Waals surface area contributed by atoms with Crippen LogP contribution in [0.5, 0.6) is 0 Å². The molecule has 0 spiro atoms. The SMILES string of the molecule is Cc1nn(-c2ccc(F)cc2F)c(C)c1CNCC1CCN(CCO)CC1. The molecule has 1 aromatic carbocycles. The van der Waals surface area contributed by atoms with Gasteiger partial charge in [-0.15, -0.1) is 0 Å². The summed E-state index contributed by atoms with van der Waals surface area (Å²) >= 11 is 0. The molecule has 2 heterocycles. The molecule has 3 rings (SSSR count). The first-order chi connectivity index (χ1) is 13.0. The second-order valence-electron chi connectivity index (χ2n) is 7.30. The summed E-state index contributed by atoms with van der Waals surface area (Å²) < 4.78 is 28.8. The van der Waals surface area contributed by atoms with Crippen molar-refractivity contribution in [1.82, 2.24) is 20.0 Å². The minimum atomic E-state index is -0.616. The van der Waals surface area contributed by atoms with Crippen LogP contribution in [0.1, 0.15) is 29.8 Å². The summed E-state index contributed by atoms with van der Waals surface area (Å²) in [5.41, 5.74) is 3.03. The predicted molar refractivity (Wildman–Crippen MR) is 101 cm³/mol. The number of nitrogens with zero attached hydrogens (tertiary/aromatic N) is 3. The molecule has 0 radical (unpaired) electrons. The molecule has 1 aliphatic rings. The van der Waals surface area contributed by atoms with E-state index in [2.05, 4.69) is 15.3 Å². The highest BCUT2D eigenvalue weighted by Gasteiger charge is 2.19. The van der Waals surface area contributed by atoms with E-state index in [1.165, 1.54) is 12.1 Å². The van der Waals surface area contributed by atoms with Crippen molar-refractivity contribution < 1.29 is 13.9 Å². The lowest BCUT2D eigenvalue weighted by molar-refractivity contribution is 0.146. The maximum atomic E-state index is 14.1. The van der Waals surface area contributed by atoms with Gasteiger partial charge in [-0.2, -0.15) is 5.10 Å². The Hall–Kier alpha value is -1.83. The van der Waals surface area contributed by atoms with Gasteiger partial charge >= 0.3 is 0 Å². The van der Waals surface area contributed by atoms with Crippen molar-refractivity contribution in [2.45, 2.75) is 33.2 Å². The standard InChI is InChI=1S/C20H28F2N4O/c1-14-18(13-23-12-16-5-7-25(8-6-16)9-10-27)15(2)26(24-14)20-4-3-17(21)11-19(20)22/h3-4,11,16,23,27H,5-10,12-13H2,1-2H3. The van der Waals surface area contributed by atoms with Crippen molar-refractivity contribution in [3.05, 3.63) is 46.8 Å². The molecule has 0 amide bonds. The molecular formula is C20H28F2N4O. The number of aliphatic hydroxyl groups is 1. The Morgan fingerprint density at radius 2 is 1.96 bits per heavy atom. The molecule has 0 atom stereocenters. The van der Waals surface area contributed by atoms with Gasteiger partial charge in [0.15, 0.2) is 5.82 Å². The summed E-state index contributed by atoms with van der Waals surface area (Å²) in [5.74, 6) is -0.579. The quantitative estimate of drug-likeness (QED) is 0.778. The molecule has 5 nitrogen and oxygen atoms in total. The fourth-order valence-corrected chi connectivity index (χ4v) is 3.78. The molecular weight excluding hydrogens is 350 g/mol. The Bertz CT molecular complexity index is 770. The fourth-order valence-electron chi connectivity index (χ4n) is 3.78. The van der Waals surface area contributed by atoms with Crippen molar-refractivity contribution in [2.24, 2.45) is 5.92 Å². The average Bonchev–Trinajstić information content (AvgIpc) is 2.91. The number of hydrogen-bond acceptors (Lipinski definition) is 4. The predicted octanol–water partition coefficient (Wildman–Crippen LogP) is 2.56. The van der Waals surface area contributed by atoms with Crippen LogP contribution in [0.3, 0.4) is 0 Å². The van der Waals surface area contributed by atoms with Gasteiger partial charge in [0.1, 0.15) is 11.5 Å². The first kappa shape index (κ1) is 19.9. The molecule has 1 saturated heterocycles. The topological polar surface area (TPSA) is 53.3 Å². The average molecular weight is 378 g/mol. The molecule has 1 fully saturated rings. The molecule has 0 aliphatic carbocycles. The molecule has 148 valence electrons. The van der Waals surface area contributed by atoms with Gasteiger partial charge in [-0.3, -0.25) is 0 Å². The fraction of sp³-hybridized carbons (Fsp3) is 0.550. The maximum Gasteiger partial charge on any atom is 0.151 e. The lowest BCUT2D eigenvalue weighted by Gasteiger charge is -2.31. The summed E-state index contributed by atoms with van der Waals surface area (Å²) in [6.07, 6.45) is 2.26. The lowest BCUT2D eigenvalue weighted by Crippen LogP contribution is -2.38. The second kappa shape index (κ2) is 8.91. The van der Waals surface area contributed by atoms with E-state index in [9.17, 15) is 8.78 Å². The summed E-state index contributed by atoms with van der Waals surface area (Å²) in [6, 6.07) is 3.55. The number of aliphatic hydroxyl groups excluding tert-OH is 1. The van der Waals surface area contributed by atoms with Crippen molar-refractivity contribution in [3.8, 4) is 5.69 Å². The minimum Gasteiger partial charge on any atom is -0.395 e. The Balaban J connectivity index is 1.59. The van der Waals surface area contributed by atoms with Crippen LogP contribution in [0, 0.1) is 31.4 Å².